The van der Waals surface area contributed by atoms with E-state index >= 15 is 0 Å². The fourth-order valence-electron chi connectivity index (χ4n) is 2.53. The van der Waals surface area contributed by atoms with Gasteiger partial charge in [0.15, 0.2) is 0 Å². The number of carbonyl (C=O) groups excluding carboxylic acids is 3. The topological polar surface area (TPSA) is 128 Å². The molecule has 13 heteroatoms. The normalized spacial score (nSPS) is 16.3. The van der Waals surface area contributed by atoms with Crippen molar-refractivity contribution in [1.82, 2.24) is 0 Å². The molecule has 0 saturated heterocycles. The van der Waals surface area contributed by atoms with Crippen LogP contribution in [-0.4, -0.2) is 41.2 Å². The van der Waals surface area contributed by atoms with E-state index in [1.165, 1.54) is 7.11 Å². The molecule has 0 unspecified atom stereocenters. The Morgan fingerprint density at radius 3 is 1.46 bits per heavy atom. The Morgan fingerprint density at radius 2 is 1.21 bits per heavy atom. The molecule has 7 nitrogen and oxygen atoms in total. The zero-order valence-corrected chi connectivity index (χ0v) is 28.4. The molecule has 162 valence electrons. The Hall–Kier alpha value is 2.89. The van der Waals surface area contributed by atoms with Crippen LogP contribution in [0, 0.1) is 11.8 Å². The van der Waals surface area contributed by atoms with Crippen molar-refractivity contribution in [2.75, 3.05) is 7.11 Å². The maximum absolute atomic E-state index is 10.9. The molecule has 0 aromatic heterocycles. The molecule has 2 fully saturated rings. The third-order valence-electron chi connectivity index (χ3n) is 3.97. The standard InChI is InChI=1S/C8H12O3.C7H10O3.I3.I2.Na.H2O/c1-11-8(10)6-2-4-7(9)5-3-6;8-6-3-1-5(2-4-6)7(9)10;1-3-2;1-2;;/h6H,2-5H2,1H3;5H,1-4H2,(H,9,10);;;;1H2/q;;-1;;+1;/p-1. The summed E-state index contributed by atoms with van der Waals surface area (Å²) in [7, 11) is 1.39. The summed E-state index contributed by atoms with van der Waals surface area (Å²) in [5.74, 6) is -0.747. The molecule has 2 aliphatic carbocycles. The van der Waals surface area contributed by atoms with Crippen molar-refractivity contribution in [1.29, 1.82) is 0 Å². The number of aliphatic carboxylic acids is 1. The van der Waals surface area contributed by atoms with E-state index in [1.54, 1.807) is 0 Å². The predicted octanol–water partition coefficient (Wildman–Crippen LogP) is -0.877. The van der Waals surface area contributed by atoms with Gasteiger partial charge in [0, 0.05) is 62.9 Å². The van der Waals surface area contributed by atoms with Crippen molar-refractivity contribution in [3.63, 3.8) is 0 Å². The number of hydrogen-bond donors (Lipinski definition) is 1. The van der Waals surface area contributed by atoms with Crippen molar-refractivity contribution in [3.8, 4) is 0 Å². The van der Waals surface area contributed by atoms with Crippen LogP contribution in [0.5, 0.6) is 0 Å². The van der Waals surface area contributed by atoms with Crippen LogP contribution >= 0.6 is 74.5 Å². The van der Waals surface area contributed by atoms with Gasteiger partial charge in [-0.2, -0.15) is 0 Å². The van der Waals surface area contributed by atoms with E-state index in [-0.39, 0.29) is 64.4 Å². The first-order valence-corrected chi connectivity index (χ1v) is 26.6. The average molecular weight is 973 g/mol. The van der Waals surface area contributed by atoms with E-state index in [9.17, 15) is 19.2 Å². The second kappa shape index (κ2) is 26.1. The van der Waals surface area contributed by atoms with Gasteiger partial charge in [0.25, 0.3) is 0 Å². The van der Waals surface area contributed by atoms with Crippen LogP contribution in [0.1, 0.15) is 51.4 Å². The molecule has 0 aromatic carbocycles. The Bertz CT molecular complexity index is 434. The van der Waals surface area contributed by atoms with Crippen LogP contribution < -0.4 is 42.8 Å². The monoisotopic (exact) mass is 973 g/mol. The zero-order chi connectivity index (χ0) is 20.5. The molecule has 0 amide bonds. The van der Waals surface area contributed by atoms with Crippen LogP contribution in [0.4, 0.5) is 0 Å². The average Bonchev–Trinajstić information content (AvgIpc) is 2.65. The van der Waals surface area contributed by atoms with Crippen LogP contribution in [0.2, 0.25) is 0 Å². The summed E-state index contributed by atoms with van der Waals surface area (Å²) in [5.41, 5.74) is 0. The second-order valence-corrected chi connectivity index (χ2v) is 21.8. The van der Waals surface area contributed by atoms with Gasteiger partial charge < -0.3 is 15.3 Å². The van der Waals surface area contributed by atoms with Gasteiger partial charge in [-0.15, -0.1) is 0 Å². The second-order valence-electron chi connectivity index (χ2n) is 5.54. The molecule has 2 N–H and O–H groups in total. The summed E-state index contributed by atoms with van der Waals surface area (Å²) >= 11 is 9.54. The van der Waals surface area contributed by atoms with Crippen molar-refractivity contribution in [2.45, 2.75) is 51.4 Å². The van der Waals surface area contributed by atoms with E-state index in [0.717, 1.165) is 0 Å². The van der Waals surface area contributed by atoms with Crippen molar-refractivity contribution < 1.29 is 77.3 Å². The molecule has 0 aliphatic heterocycles. The number of carboxylic acids is 1. The zero-order valence-electron chi connectivity index (χ0n) is 15.6. The summed E-state index contributed by atoms with van der Waals surface area (Å²) in [4.78, 5) is 42.7. The van der Waals surface area contributed by atoms with E-state index in [0.29, 0.717) is 64.6 Å². The summed E-state index contributed by atoms with van der Waals surface area (Å²) in [6.07, 6.45) is 4.41. The Kier molecular flexibility index (Phi) is 35.6. The minimum Gasteiger partial charge on any atom is -0.870 e. The molecule has 0 heterocycles. The van der Waals surface area contributed by atoms with Crippen molar-refractivity contribution in [3.05, 3.63) is 0 Å². The molecule has 28 heavy (non-hydrogen) atoms. The first-order chi connectivity index (χ1) is 12.3. The van der Waals surface area contributed by atoms with Crippen LogP contribution in [0.15, 0.2) is 0 Å². The number of ketones is 2. The molecule has 0 spiro atoms. The number of hydrogen-bond acceptors (Lipinski definition) is 6. The fraction of sp³-hybridized carbons (Fsp3) is 0.733. The van der Waals surface area contributed by atoms with Gasteiger partial charge in [0.1, 0.15) is 11.6 Å². The number of esters is 1. The van der Waals surface area contributed by atoms with Gasteiger partial charge in [-0.1, -0.05) is 0 Å². The molecule has 2 saturated carbocycles. The number of Topliss-reactive ketones (excluding diaryl/α,β-unsaturated/α-hetero) is 2. The molecule has 0 atom stereocenters. The largest absolute Gasteiger partial charge is 1.00 e. The summed E-state index contributed by atoms with van der Waals surface area (Å²) in [5, 5.41) is 8.51. The van der Waals surface area contributed by atoms with E-state index in [2.05, 4.69) is 79.2 Å². The SMILES string of the molecule is COC(=O)C1CCC(=O)CC1.II.I[I-]I.O=C1CCC(C(=O)O)CC1.[Na+].[OH-]. The molecule has 2 aliphatic rings. The van der Waals surface area contributed by atoms with E-state index in [4.69, 9.17) is 5.11 Å². The Morgan fingerprint density at radius 1 is 0.929 bits per heavy atom. The minimum absolute atomic E-state index is 0. The third kappa shape index (κ3) is 20.8. The number of carboxylic acid groups (broad SMARTS) is 1. The molecule has 0 aromatic rings. The Balaban J connectivity index is -0.000000159. The van der Waals surface area contributed by atoms with Gasteiger partial charge >= 0.3 is 92.0 Å². The van der Waals surface area contributed by atoms with Gasteiger partial charge in [0.2, 0.25) is 0 Å². The number of methoxy groups -OCH3 is 1. The molecule has 0 radical (unpaired) electrons. The predicted molar refractivity (Wildman–Crippen MR) is 132 cm³/mol. The number of halogens is 5. The molecular weight excluding hydrogens is 950 g/mol. The quantitative estimate of drug-likeness (QED) is 0.217. The van der Waals surface area contributed by atoms with Crippen LogP contribution in [0.3, 0.4) is 0 Å². The van der Waals surface area contributed by atoms with Crippen molar-refractivity contribution >= 4 is 98.0 Å². The van der Waals surface area contributed by atoms with Crippen molar-refractivity contribution in [2.24, 2.45) is 11.8 Å². The van der Waals surface area contributed by atoms with Crippen LogP contribution in [0.25, 0.3) is 0 Å². The summed E-state index contributed by atoms with van der Waals surface area (Å²) in [6.45, 7) is 0. The van der Waals surface area contributed by atoms with E-state index in [1.807, 2.05) is 0 Å². The summed E-state index contributed by atoms with van der Waals surface area (Å²) in [6, 6.07) is 0. The van der Waals surface area contributed by atoms with Gasteiger partial charge in [-0.25, -0.2) is 0 Å². The van der Waals surface area contributed by atoms with Gasteiger partial charge in [0.05, 0.1) is 18.9 Å². The smallest absolute Gasteiger partial charge is 0.870 e. The Labute approximate surface area is 241 Å². The minimum atomic E-state index is -0.757. The first kappa shape index (κ1) is 38.2. The fourth-order valence-corrected chi connectivity index (χ4v) is 2.53. The maximum atomic E-state index is 10.9. The first-order valence-electron chi connectivity index (χ1n) is 7.71. The van der Waals surface area contributed by atoms with E-state index < -0.39 is 5.97 Å². The van der Waals surface area contributed by atoms with Gasteiger partial charge in [-0.3, -0.25) is 19.2 Å². The number of carbonyl (C=O) groups is 4. The molecular formula is C15H23I5NaO7-. The van der Waals surface area contributed by atoms with Gasteiger partial charge in [-0.05, 0) is 25.7 Å². The summed E-state index contributed by atoms with van der Waals surface area (Å²) < 4.78 is 4.57. The third-order valence-corrected chi connectivity index (χ3v) is 3.97. The molecule has 0 bridgehead atoms. The van der Waals surface area contributed by atoms with Crippen LogP contribution in [-0.2, 0) is 23.9 Å². The molecule has 2 rings (SSSR count). The number of ether oxygens (including phenoxy) is 1. The number of rotatable bonds is 2. The maximum Gasteiger partial charge on any atom is 1.00 e.